The number of sulfone groups is 1. The van der Waals surface area contributed by atoms with Crippen LogP contribution in [0.1, 0.15) is 10.4 Å². The molecule has 7 nitrogen and oxygen atoms in total. The van der Waals surface area contributed by atoms with Gasteiger partial charge < -0.3 is 5.32 Å². The van der Waals surface area contributed by atoms with Gasteiger partial charge in [0.15, 0.2) is 0 Å². The third kappa shape index (κ3) is 5.28. The van der Waals surface area contributed by atoms with Crippen molar-refractivity contribution in [3.8, 4) is 0 Å². The molecule has 0 saturated heterocycles. The summed E-state index contributed by atoms with van der Waals surface area (Å²) in [5.74, 6) is -1.81. The van der Waals surface area contributed by atoms with Crippen LogP contribution in [-0.4, -0.2) is 34.6 Å². The largest absolute Gasteiger partial charge is 0.336 e. The zero-order valence-corrected chi connectivity index (χ0v) is 16.3. The third-order valence-electron chi connectivity index (χ3n) is 2.13. The first-order chi connectivity index (χ1) is 9.34. The van der Waals surface area contributed by atoms with Gasteiger partial charge in [-0.05, 0) is 66.0 Å². The molecule has 0 aliphatic carbocycles. The van der Waals surface area contributed by atoms with Gasteiger partial charge in [0.2, 0.25) is 11.3 Å². The predicted octanol–water partition coefficient (Wildman–Crippen LogP) is 1.83. The standard InChI is InChI=1S/C9H8Br3NO6S2/c10-9(11,12)21(18,19)7-3-1-2-6(4-7)8(14)13-5-20(15,16)17/h1-4H,5H2,(H,13,14)(H,15,16,17). The maximum Gasteiger partial charge on any atom is 0.283 e. The second-order valence-electron chi connectivity index (χ2n) is 3.71. The Kier molecular flexibility index (Phi) is 6.00. The first kappa shape index (κ1) is 19.0. The van der Waals surface area contributed by atoms with E-state index in [0.29, 0.717) is 0 Å². The Balaban J connectivity index is 3.10. The highest BCUT2D eigenvalue weighted by Gasteiger charge is 2.37. The summed E-state index contributed by atoms with van der Waals surface area (Å²) in [7, 11) is -8.24. The summed E-state index contributed by atoms with van der Waals surface area (Å²) < 4.78 is 52.3. The zero-order chi connectivity index (χ0) is 16.5. The van der Waals surface area contributed by atoms with Crippen molar-refractivity contribution >= 4 is 73.7 Å². The molecule has 0 unspecified atom stereocenters. The minimum absolute atomic E-state index is 0.0727. The Morgan fingerprint density at radius 2 is 1.76 bits per heavy atom. The Labute approximate surface area is 146 Å². The van der Waals surface area contributed by atoms with Gasteiger partial charge in [-0.2, -0.15) is 8.42 Å². The van der Waals surface area contributed by atoms with Crippen LogP contribution in [0.2, 0.25) is 0 Å². The van der Waals surface area contributed by atoms with Crippen LogP contribution >= 0.6 is 47.8 Å². The van der Waals surface area contributed by atoms with Crippen LogP contribution in [-0.2, 0) is 20.0 Å². The van der Waals surface area contributed by atoms with E-state index < -0.39 is 33.2 Å². The minimum atomic E-state index is -4.36. The third-order valence-corrected chi connectivity index (χ3v) is 7.96. The van der Waals surface area contributed by atoms with Crippen LogP contribution in [0, 0.1) is 0 Å². The summed E-state index contributed by atoms with van der Waals surface area (Å²) in [5.41, 5.74) is -0.0727. The molecule has 0 aliphatic rings. The van der Waals surface area contributed by atoms with Crippen LogP contribution in [0.4, 0.5) is 0 Å². The van der Waals surface area contributed by atoms with E-state index in [4.69, 9.17) is 4.55 Å². The summed E-state index contributed by atoms with van der Waals surface area (Å²) in [6.45, 7) is 0. The number of hydrogen-bond donors (Lipinski definition) is 2. The lowest BCUT2D eigenvalue weighted by Crippen LogP contribution is -2.29. The molecule has 0 heterocycles. The highest BCUT2D eigenvalue weighted by Crippen LogP contribution is 2.43. The molecule has 0 fully saturated rings. The lowest BCUT2D eigenvalue weighted by atomic mass is 10.2. The first-order valence-corrected chi connectivity index (χ1v) is 10.5. The second-order valence-corrected chi connectivity index (χ2v) is 15.6. The van der Waals surface area contributed by atoms with Gasteiger partial charge in [0.25, 0.3) is 16.0 Å². The number of benzene rings is 1. The Morgan fingerprint density at radius 3 is 2.24 bits per heavy atom. The van der Waals surface area contributed by atoms with Crippen molar-refractivity contribution in [1.82, 2.24) is 5.32 Å². The lowest BCUT2D eigenvalue weighted by molar-refractivity contribution is 0.0958. The number of hydrogen-bond acceptors (Lipinski definition) is 5. The molecule has 21 heavy (non-hydrogen) atoms. The van der Waals surface area contributed by atoms with Gasteiger partial charge in [-0.1, -0.05) is 6.07 Å². The average Bonchev–Trinajstić information content (AvgIpc) is 2.34. The second kappa shape index (κ2) is 6.62. The highest BCUT2D eigenvalue weighted by molar-refractivity contribution is 9.42. The van der Waals surface area contributed by atoms with E-state index in [0.717, 1.165) is 6.07 Å². The summed E-state index contributed by atoms with van der Waals surface area (Å²) in [6.07, 6.45) is 0. The van der Waals surface area contributed by atoms with Gasteiger partial charge in [-0.25, -0.2) is 8.42 Å². The van der Waals surface area contributed by atoms with Crippen LogP contribution < -0.4 is 5.32 Å². The van der Waals surface area contributed by atoms with Crippen molar-refractivity contribution in [2.24, 2.45) is 0 Å². The lowest BCUT2D eigenvalue weighted by Gasteiger charge is -2.14. The zero-order valence-electron chi connectivity index (χ0n) is 9.96. The summed E-state index contributed by atoms with van der Waals surface area (Å²) >= 11 is 8.66. The number of nitrogens with one attached hydrogen (secondary N) is 1. The molecule has 0 aliphatic heterocycles. The molecule has 118 valence electrons. The molecular formula is C9H8Br3NO6S2. The topological polar surface area (TPSA) is 118 Å². The predicted molar refractivity (Wildman–Crippen MR) is 87.0 cm³/mol. The quantitative estimate of drug-likeness (QED) is 0.454. The van der Waals surface area contributed by atoms with E-state index in [1.165, 1.54) is 18.2 Å². The average molecular weight is 530 g/mol. The molecule has 1 rings (SSSR count). The van der Waals surface area contributed by atoms with E-state index in [1.807, 2.05) is 5.32 Å². The van der Waals surface area contributed by atoms with Gasteiger partial charge in [-0.15, -0.1) is 0 Å². The van der Waals surface area contributed by atoms with Crippen molar-refractivity contribution in [3.05, 3.63) is 29.8 Å². The van der Waals surface area contributed by atoms with E-state index >= 15 is 0 Å². The number of carbonyl (C=O) groups excluding carboxylic acids is 1. The van der Waals surface area contributed by atoms with E-state index in [9.17, 15) is 21.6 Å². The molecule has 0 atom stereocenters. The number of halogens is 3. The van der Waals surface area contributed by atoms with Gasteiger partial charge >= 0.3 is 0 Å². The fraction of sp³-hybridized carbons (Fsp3) is 0.222. The normalized spacial score (nSPS) is 13.0. The maximum atomic E-state index is 12.1. The van der Waals surface area contributed by atoms with Gasteiger partial charge in [0, 0.05) is 5.56 Å². The molecule has 12 heteroatoms. The highest BCUT2D eigenvalue weighted by atomic mass is 80.0. The van der Waals surface area contributed by atoms with Crippen LogP contribution in [0.25, 0.3) is 0 Å². The van der Waals surface area contributed by atoms with E-state index in [1.54, 1.807) is 0 Å². The van der Waals surface area contributed by atoms with Crippen molar-refractivity contribution in [2.75, 3.05) is 5.88 Å². The smallest absolute Gasteiger partial charge is 0.283 e. The molecule has 0 saturated carbocycles. The molecule has 1 aromatic carbocycles. The summed E-state index contributed by atoms with van der Waals surface area (Å²) in [5, 5.41) is 1.95. The van der Waals surface area contributed by atoms with Gasteiger partial charge in [-0.3, -0.25) is 9.35 Å². The SMILES string of the molecule is O=C(NCS(=O)(=O)O)c1cccc(S(=O)(=O)C(Br)(Br)Br)c1. The van der Waals surface area contributed by atoms with Crippen molar-refractivity contribution < 1.29 is 26.2 Å². The fourth-order valence-electron chi connectivity index (χ4n) is 1.20. The molecule has 1 amide bonds. The van der Waals surface area contributed by atoms with Gasteiger partial charge in [0.05, 0.1) is 4.90 Å². The molecule has 0 spiro atoms. The Hall–Kier alpha value is -0.0100. The van der Waals surface area contributed by atoms with E-state index in [2.05, 4.69) is 47.8 Å². The van der Waals surface area contributed by atoms with Crippen LogP contribution in [0.15, 0.2) is 29.2 Å². The molecule has 2 N–H and O–H groups in total. The number of carbonyl (C=O) groups is 1. The molecule has 1 aromatic rings. The molecule has 0 radical (unpaired) electrons. The molecule has 0 aromatic heterocycles. The van der Waals surface area contributed by atoms with Crippen LogP contribution in [0.5, 0.6) is 0 Å². The maximum absolute atomic E-state index is 12.1. The van der Waals surface area contributed by atoms with Gasteiger partial charge in [0.1, 0.15) is 5.88 Å². The van der Waals surface area contributed by atoms with Crippen molar-refractivity contribution in [3.63, 3.8) is 0 Å². The van der Waals surface area contributed by atoms with E-state index in [-0.39, 0.29) is 10.5 Å². The first-order valence-electron chi connectivity index (χ1n) is 4.99. The number of rotatable bonds is 4. The van der Waals surface area contributed by atoms with Crippen molar-refractivity contribution in [2.45, 2.75) is 6.37 Å². The summed E-state index contributed by atoms with van der Waals surface area (Å²) in [6, 6.07) is 4.98. The minimum Gasteiger partial charge on any atom is -0.336 e. The number of amides is 1. The Bertz CT molecular complexity index is 754. The fourth-order valence-corrected chi connectivity index (χ4v) is 4.00. The Morgan fingerprint density at radius 1 is 1.19 bits per heavy atom. The molecule has 0 bridgehead atoms. The molecular weight excluding hydrogens is 522 g/mol. The van der Waals surface area contributed by atoms with Crippen LogP contribution in [0.3, 0.4) is 0 Å². The summed E-state index contributed by atoms with van der Waals surface area (Å²) in [4.78, 5) is 11.5. The monoisotopic (exact) mass is 527 g/mol. The number of alkyl halides is 3. The van der Waals surface area contributed by atoms with Crippen molar-refractivity contribution in [1.29, 1.82) is 0 Å².